The van der Waals surface area contributed by atoms with Crippen LogP contribution in [0, 0.1) is 11.6 Å². The van der Waals surface area contributed by atoms with Gasteiger partial charge in [-0.25, -0.2) is 13.5 Å². The Balaban J connectivity index is 1.82. The summed E-state index contributed by atoms with van der Waals surface area (Å²) in [4.78, 5) is 12.5. The Morgan fingerprint density at radius 2 is 1.89 bits per heavy atom. The van der Waals surface area contributed by atoms with E-state index < -0.39 is 25.3 Å². The molecule has 0 aliphatic heterocycles. The van der Waals surface area contributed by atoms with Crippen molar-refractivity contribution in [1.82, 2.24) is 14.3 Å². The zero-order chi connectivity index (χ0) is 20.5. The number of fused-ring (bicyclic) bond motifs is 1. The minimum Gasteiger partial charge on any atom is -0.448 e. The molecule has 0 aliphatic rings. The van der Waals surface area contributed by atoms with E-state index in [9.17, 15) is 13.6 Å². The molecule has 0 bridgehead atoms. The molecule has 0 saturated carbocycles. The first kappa shape index (κ1) is 20.2. The average molecular weight is 407 g/mol. The van der Waals surface area contributed by atoms with Gasteiger partial charge >= 0.3 is 0 Å². The highest BCUT2D eigenvalue weighted by Crippen LogP contribution is 2.24. The largest absolute Gasteiger partial charge is 0.448 e. The van der Waals surface area contributed by atoms with Crippen molar-refractivity contribution in [3.63, 3.8) is 0 Å². The van der Waals surface area contributed by atoms with Crippen LogP contribution in [0.15, 0.2) is 35.3 Å². The third-order valence-corrected chi connectivity index (χ3v) is 5.95. The van der Waals surface area contributed by atoms with Crippen LogP contribution in [-0.4, -0.2) is 29.0 Å². The van der Waals surface area contributed by atoms with E-state index in [1.54, 1.807) is 17.9 Å². The maximum absolute atomic E-state index is 13.8. The van der Waals surface area contributed by atoms with Gasteiger partial charge in [-0.05, 0) is 18.2 Å². The molecule has 0 atom stereocenters. The number of rotatable bonds is 7. The van der Waals surface area contributed by atoms with E-state index in [-0.39, 0.29) is 18.2 Å². The lowest BCUT2D eigenvalue weighted by molar-refractivity contribution is 0.0790. The zero-order valence-corrected chi connectivity index (χ0v) is 17.3. The Labute approximate surface area is 162 Å². The average Bonchev–Trinajstić information content (AvgIpc) is 3.01. The van der Waals surface area contributed by atoms with Gasteiger partial charge < -0.3 is 14.0 Å². The molecule has 0 unspecified atom stereocenters. The normalized spacial score (nSPS) is 11.9. The predicted octanol–water partition coefficient (Wildman–Crippen LogP) is 4.12. The van der Waals surface area contributed by atoms with E-state index in [1.165, 1.54) is 10.6 Å². The van der Waals surface area contributed by atoms with Crippen LogP contribution in [0.3, 0.4) is 0 Å². The van der Waals surface area contributed by atoms with E-state index >= 15 is 0 Å². The summed E-state index contributed by atoms with van der Waals surface area (Å²) in [6, 6.07) is 5.39. The van der Waals surface area contributed by atoms with Crippen LogP contribution in [-0.2, 0) is 18.5 Å². The quantitative estimate of drug-likeness (QED) is 0.437. The number of hydrogen-bond donors (Lipinski definition) is 0. The van der Waals surface area contributed by atoms with E-state index in [1.807, 2.05) is 0 Å². The van der Waals surface area contributed by atoms with E-state index in [0.29, 0.717) is 23.7 Å². The Hall–Kier alpha value is -2.52. The minimum absolute atomic E-state index is 0.0922. The Morgan fingerprint density at radius 3 is 2.57 bits per heavy atom. The number of benzene rings is 1. The van der Waals surface area contributed by atoms with Gasteiger partial charge in [0, 0.05) is 33.9 Å². The highest BCUT2D eigenvalue weighted by molar-refractivity contribution is 6.76. The molecule has 0 saturated heterocycles. The molecule has 0 radical (unpaired) electrons. The summed E-state index contributed by atoms with van der Waals surface area (Å²) in [5, 5.41) is 4.40. The lowest BCUT2D eigenvalue weighted by atomic mass is 10.3. The van der Waals surface area contributed by atoms with Gasteiger partial charge in [0.05, 0.1) is 11.7 Å². The van der Waals surface area contributed by atoms with E-state index in [4.69, 9.17) is 9.47 Å². The maximum atomic E-state index is 13.8. The van der Waals surface area contributed by atoms with Crippen molar-refractivity contribution in [2.24, 2.45) is 7.05 Å². The van der Waals surface area contributed by atoms with Crippen LogP contribution in [0.4, 0.5) is 8.78 Å². The highest BCUT2D eigenvalue weighted by Gasteiger charge is 2.15. The molecular weight excluding hydrogens is 384 g/mol. The first-order valence-corrected chi connectivity index (χ1v) is 12.6. The molecule has 0 spiro atoms. The zero-order valence-electron chi connectivity index (χ0n) is 16.3. The van der Waals surface area contributed by atoms with Crippen molar-refractivity contribution < 1.29 is 18.3 Å². The van der Waals surface area contributed by atoms with Gasteiger partial charge in [0.15, 0.2) is 17.3 Å². The molecule has 3 rings (SSSR count). The lowest BCUT2D eigenvalue weighted by Crippen LogP contribution is -2.22. The second-order valence-corrected chi connectivity index (χ2v) is 13.5. The molecule has 2 aromatic heterocycles. The van der Waals surface area contributed by atoms with Crippen molar-refractivity contribution >= 4 is 19.1 Å². The fourth-order valence-corrected chi connectivity index (χ4v) is 3.36. The standard InChI is InChI=1S/C19H23F2N3O3Si/c1-23-16-11-24(12-26-7-8-28(2,3)4)22-15(16)10-18(19(23)25)27-17-6-5-13(20)9-14(17)21/h5-6,9-11H,7-8,12H2,1-4H3. The Bertz CT molecular complexity index is 1060. The number of nitrogens with zero attached hydrogens (tertiary/aromatic N) is 3. The number of aryl methyl sites for hydroxylation is 1. The smallest absolute Gasteiger partial charge is 0.293 e. The molecule has 0 N–H and O–H groups in total. The summed E-state index contributed by atoms with van der Waals surface area (Å²) in [5.41, 5.74) is 0.662. The molecule has 9 heteroatoms. The van der Waals surface area contributed by atoms with E-state index in [0.717, 1.165) is 18.2 Å². The van der Waals surface area contributed by atoms with Gasteiger partial charge in [-0.3, -0.25) is 4.79 Å². The fourth-order valence-electron chi connectivity index (χ4n) is 2.60. The van der Waals surface area contributed by atoms with Gasteiger partial charge in [0.2, 0.25) is 0 Å². The summed E-state index contributed by atoms with van der Waals surface area (Å²) < 4.78 is 40.9. The van der Waals surface area contributed by atoms with Crippen LogP contribution in [0.25, 0.3) is 11.0 Å². The number of hydrogen-bond acceptors (Lipinski definition) is 4. The molecule has 1 aromatic carbocycles. The van der Waals surface area contributed by atoms with Gasteiger partial charge in [0.1, 0.15) is 18.1 Å². The second kappa shape index (κ2) is 7.84. The molecule has 150 valence electrons. The van der Waals surface area contributed by atoms with Gasteiger partial charge in [-0.2, -0.15) is 5.10 Å². The van der Waals surface area contributed by atoms with Crippen LogP contribution in [0.1, 0.15) is 0 Å². The highest BCUT2D eigenvalue weighted by atomic mass is 28.3. The summed E-state index contributed by atoms with van der Waals surface area (Å²) in [6.45, 7) is 7.76. The van der Waals surface area contributed by atoms with Crippen LogP contribution in [0.2, 0.25) is 25.7 Å². The van der Waals surface area contributed by atoms with Crippen LogP contribution >= 0.6 is 0 Å². The first-order chi connectivity index (χ1) is 13.1. The fraction of sp³-hybridized carbons (Fsp3) is 0.368. The summed E-state index contributed by atoms with van der Waals surface area (Å²) in [7, 11) is 0.413. The SMILES string of the molecule is Cn1c(=O)c(Oc2ccc(F)cc2F)cc2nn(COCC[Si](C)(C)C)cc21. The van der Waals surface area contributed by atoms with Crippen molar-refractivity contribution in [2.75, 3.05) is 6.61 Å². The van der Waals surface area contributed by atoms with E-state index in [2.05, 4.69) is 24.7 Å². The predicted molar refractivity (Wildman–Crippen MR) is 106 cm³/mol. The van der Waals surface area contributed by atoms with Gasteiger partial charge in [0.25, 0.3) is 5.56 Å². The number of aromatic nitrogens is 3. The molecule has 0 aliphatic carbocycles. The molecular formula is C19H23F2N3O3Si. The second-order valence-electron chi connectivity index (χ2n) is 7.84. The third-order valence-electron chi connectivity index (χ3n) is 4.25. The monoisotopic (exact) mass is 407 g/mol. The number of ether oxygens (including phenoxy) is 2. The topological polar surface area (TPSA) is 58.3 Å². The minimum atomic E-state index is -1.17. The Kier molecular flexibility index (Phi) is 5.66. The van der Waals surface area contributed by atoms with Crippen molar-refractivity contribution in [3.05, 3.63) is 52.5 Å². The summed E-state index contributed by atoms with van der Waals surface area (Å²) in [6.07, 6.45) is 1.72. The molecule has 6 nitrogen and oxygen atoms in total. The van der Waals surface area contributed by atoms with Gasteiger partial charge in [-0.15, -0.1) is 0 Å². The molecule has 3 aromatic rings. The molecule has 28 heavy (non-hydrogen) atoms. The summed E-state index contributed by atoms with van der Waals surface area (Å²) >= 11 is 0. The van der Waals surface area contributed by atoms with Crippen LogP contribution in [0.5, 0.6) is 11.5 Å². The number of halogens is 2. The molecule has 0 amide bonds. The van der Waals surface area contributed by atoms with Crippen molar-refractivity contribution in [1.29, 1.82) is 0 Å². The third kappa shape index (κ3) is 4.66. The number of pyridine rings is 1. The Morgan fingerprint density at radius 1 is 1.14 bits per heavy atom. The van der Waals surface area contributed by atoms with Crippen LogP contribution < -0.4 is 10.3 Å². The van der Waals surface area contributed by atoms with Gasteiger partial charge in [-0.1, -0.05) is 19.6 Å². The summed E-state index contributed by atoms with van der Waals surface area (Å²) in [5.74, 6) is -1.93. The van der Waals surface area contributed by atoms with Crippen molar-refractivity contribution in [2.45, 2.75) is 32.4 Å². The molecule has 0 fully saturated rings. The molecule has 2 heterocycles. The van der Waals surface area contributed by atoms with Crippen molar-refractivity contribution in [3.8, 4) is 11.5 Å². The lowest BCUT2D eigenvalue weighted by Gasteiger charge is -2.15. The first-order valence-electron chi connectivity index (χ1n) is 8.92. The maximum Gasteiger partial charge on any atom is 0.293 e.